The molecule has 2 saturated carbocycles. The topological polar surface area (TPSA) is 46.6 Å². The van der Waals surface area contributed by atoms with E-state index >= 15 is 0 Å². The van der Waals surface area contributed by atoms with Gasteiger partial charge in [0.15, 0.2) is 0 Å². The first-order valence-electron chi connectivity index (χ1n) is 6.73. The van der Waals surface area contributed by atoms with Crippen LogP contribution in [0.2, 0.25) is 0 Å². The van der Waals surface area contributed by atoms with E-state index in [9.17, 15) is 9.59 Å². The van der Waals surface area contributed by atoms with E-state index in [1.165, 1.54) is 6.42 Å². The summed E-state index contributed by atoms with van der Waals surface area (Å²) in [6.07, 6.45) is 6.82. The highest BCUT2D eigenvalue weighted by Gasteiger charge is 2.52. The fourth-order valence-electron chi connectivity index (χ4n) is 3.17. The Bertz CT molecular complexity index is 343. The van der Waals surface area contributed by atoms with Gasteiger partial charge in [-0.25, -0.2) is 4.79 Å². The number of carbonyl (C=O) groups is 2. The number of hydrogen-bond donors (Lipinski definition) is 0. The summed E-state index contributed by atoms with van der Waals surface area (Å²) in [7, 11) is 0. The van der Waals surface area contributed by atoms with Crippen LogP contribution in [0.5, 0.6) is 0 Å². The van der Waals surface area contributed by atoms with Crippen LogP contribution >= 0.6 is 0 Å². The molecule has 0 aromatic carbocycles. The molecule has 94 valence electrons. The van der Waals surface area contributed by atoms with Gasteiger partial charge in [0.25, 0.3) is 0 Å². The summed E-state index contributed by atoms with van der Waals surface area (Å²) in [6, 6.07) is 0. The second-order valence-electron chi connectivity index (χ2n) is 5.49. The maximum atomic E-state index is 12.3. The summed E-state index contributed by atoms with van der Waals surface area (Å²) < 4.78 is 5.22. The minimum atomic E-state index is -0.601. The molecule has 4 heteroatoms. The molecule has 17 heavy (non-hydrogen) atoms. The van der Waals surface area contributed by atoms with Gasteiger partial charge in [-0.05, 0) is 25.7 Å². The van der Waals surface area contributed by atoms with Crippen LogP contribution in [0.15, 0.2) is 0 Å². The van der Waals surface area contributed by atoms with E-state index in [4.69, 9.17) is 4.74 Å². The van der Waals surface area contributed by atoms with E-state index in [1.807, 2.05) is 4.90 Å². The van der Waals surface area contributed by atoms with Gasteiger partial charge < -0.3 is 9.64 Å². The molecule has 1 amide bonds. The van der Waals surface area contributed by atoms with Gasteiger partial charge in [0.2, 0.25) is 5.91 Å². The second kappa shape index (κ2) is 4.00. The van der Waals surface area contributed by atoms with Gasteiger partial charge in [0, 0.05) is 5.92 Å². The van der Waals surface area contributed by atoms with Gasteiger partial charge in [-0.2, -0.15) is 0 Å². The molecule has 1 saturated heterocycles. The van der Waals surface area contributed by atoms with Crippen molar-refractivity contribution in [2.45, 2.75) is 50.5 Å². The molecule has 0 unspecified atom stereocenters. The fourth-order valence-corrected chi connectivity index (χ4v) is 3.17. The van der Waals surface area contributed by atoms with Crippen molar-refractivity contribution in [2.24, 2.45) is 5.92 Å². The zero-order valence-corrected chi connectivity index (χ0v) is 10.1. The van der Waals surface area contributed by atoms with Crippen molar-refractivity contribution in [2.75, 3.05) is 13.2 Å². The van der Waals surface area contributed by atoms with Crippen LogP contribution in [-0.2, 0) is 14.3 Å². The summed E-state index contributed by atoms with van der Waals surface area (Å²) in [6.45, 7) is 0.972. The minimum Gasteiger partial charge on any atom is -0.462 e. The number of cyclic esters (lactones) is 1. The normalized spacial score (nSPS) is 28.0. The summed E-state index contributed by atoms with van der Waals surface area (Å²) in [5.41, 5.74) is -0.601. The molecular weight excluding hydrogens is 218 g/mol. The molecule has 3 fully saturated rings. The Morgan fingerprint density at radius 3 is 2.59 bits per heavy atom. The lowest BCUT2D eigenvalue weighted by Crippen LogP contribution is -2.63. The summed E-state index contributed by atoms with van der Waals surface area (Å²) in [5.74, 6) is 0.237. The molecular formula is C13H19NO3. The summed E-state index contributed by atoms with van der Waals surface area (Å²) in [5, 5.41) is 0. The maximum absolute atomic E-state index is 12.3. The lowest BCUT2D eigenvalue weighted by Gasteiger charge is -2.47. The van der Waals surface area contributed by atoms with E-state index < -0.39 is 5.54 Å². The number of hydrogen-bond acceptors (Lipinski definition) is 3. The number of morpholine rings is 1. The minimum absolute atomic E-state index is 0.155. The van der Waals surface area contributed by atoms with Crippen LogP contribution in [-0.4, -0.2) is 35.5 Å². The lowest BCUT2D eigenvalue weighted by molar-refractivity contribution is -0.178. The molecule has 2 aliphatic carbocycles. The third-order valence-electron chi connectivity index (χ3n) is 4.32. The molecule has 0 aromatic rings. The predicted octanol–water partition coefficient (Wildman–Crippen LogP) is 1.48. The number of ether oxygens (including phenoxy) is 1. The predicted molar refractivity (Wildman–Crippen MR) is 61.2 cm³/mol. The molecule has 3 rings (SSSR count). The van der Waals surface area contributed by atoms with Crippen LogP contribution in [0.4, 0.5) is 0 Å². The number of amides is 1. The first-order valence-corrected chi connectivity index (χ1v) is 6.73. The van der Waals surface area contributed by atoms with Crippen molar-refractivity contribution in [1.29, 1.82) is 0 Å². The van der Waals surface area contributed by atoms with Gasteiger partial charge >= 0.3 is 5.97 Å². The quantitative estimate of drug-likeness (QED) is 0.649. The standard InChI is InChI=1S/C13H19NO3/c15-11(10-4-5-10)14-8-9-17-12(16)13(14)6-2-1-3-7-13/h10H,1-9H2. The molecule has 0 N–H and O–H groups in total. The highest BCUT2D eigenvalue weighted by atomic mass is 16.5. The zero-order chi connectivity index (χ0) is 11.9. The Morgan fingerprint density at radius 2 is 1.94 bits per heavy atom. The van der Waals surface area contributed by atoms with Crippen LogP contribution in [0.3, 0.4) is 0 Å². The Balaban J connectivity index is 1.87. The molecule has 1 aliphatic heterocycles. The van der Waals surface area contributed by atoms with Gasteiger partial charge in [0.1, 0.15) is 12.1 Å². The van der Waals surface area contributed by atoms with Gasteiger partial charge in [-0.3, -0.25) is 4.79 Å². The average molecular weight is 237 g/mol. The zero-order valence-electron chi connectivity index (χ0n) is 10.1. The van der Waals surface area contributed by atoms with Crippen molar-refractivity contribution in [3.8, 4) is 0 Å². The van der Waals surface area contributed by atoms with E-state index in [0.29, 0.717) is 13.2 Å². The number of esters is 1. The number of nitrogens with zero attached hydrogens (tertiary/aromatic N) is 1. The molecule has 0 atom stereocenters. The number of carbonyl (C=O) groups excluding carboxylic acids is 2. The SMILES string of the molecule is O=C(C1CC1)N1CCOC(=O)C12CCCCC2. The van der Waals surface area contributed by atoms with E-state index in [2.05, 4.69) is 0 Å². The van der Waals surface area contributed by atoms with Gasteiger partial charge in [0.05, 0.1) is 6.54 Å². The average Bonchev–Trinajstić information content (AvgIpc) is 3.17. The Labute approximate surface area is 101 Å². The van der Waals surface area contributed by atoms with Crippen molar-refractivity contribution in [3.05, 3.63) is 0 Å². The molecule has 0 bridgehead atoms. The smallest absolute Gasteiger partial charge is 0.332 e. The van der Waals surface area contributed by atoms with Crippen molar-refractivity contribution in [1.82, 2.24) is 4.90 Å². The molecule has 0 radical (unpaired) electrons. The van der Waals surface area contributed by atoms with Crippen LogP contribution in [0.25, 0.3) is 0 Å². The first kappa shape index (κ1) is 11.1. The Morgan fingerprint density at radius 1 is 1.24 bits per heavy atom. The van der Waals surface area contributed by atoms with E-state index in [-0.39, 0.29) is 17.8 Å². The molecule has 1 heterocycles. The van der Waals surface area contributed by atoms with Gasteiger partial charge in [-0.15, -0.1) is 0 Å². The first-order chi connectivity index (χ1) is 8.24. The van der Waals surface area contributed by atoms with Crippen LogP contribution in [0.1, 0.15) is 44.9 Å². The van der Waals surface area contributed by atoms with E-state index in [1.54, 1.807) is 0 Å². The summed E-state index contributed by atoms with van der Waals surface area (Å²) in [4.78, 5) is 26.3. The lowest BCUT2D eigenvalue weighted by atomic mass is 9.79. The molecule has 4 nitrogen and oxygen atoms in total. The van der Waals surface area contributed by atoms with Crippen LogP contribution in [0, 0.1) is 5.92 Å². The third kappa shape index (κ3) is 1.74. The largest absolute Gasteiger partial charge is 0.462 e. The van der Waals surface area contributed by atoms with E-state index in [0.717, 1.165) is 38.5 Å². The Kier molecular flexibility index (Phi) is 2.60. The fraction of sp³-hybridized carbons (Fsp3) is 0.846. The monoisotopic (exact) mass is 237 g/mol. The maximum Gasteiger partial charge on any atom is 0.332 e. The molecule has 1 spiro atoms. The molecule has 3 aliphatic rings. The number of rotatable bonds is 1. The highest BCUT2D eigenvalue weighted by molar-refractivity contribution is 5.91. The highest BCUT2D eigenvalue weighted by Crippen LogP contribution is 2.40. The third-order valence-corrected chi connectivity index (χ3v) is 4.32. The second-order valence-corrected chi connectivity index (χ2v) is 5.49. The van der Waals surface area contributed by atoms with Crippen LogP contribution < -0.4 is 0 Å². The van der Waals surface area contributed by atoms with Gasteiger partial charge in [-0.1, -0.05) is 19.3 Å². The molecule has 0 aromatic heterocycles. The van der Waals surface area contributed by atoms with Crippen molar-refractivity contribution < 1.29 is 14.3 Å². The Hall–Kier alpha value is -1.06. The summed E-state index contributed by atoms with van der Waals surface area (Å²) >= 11 is 0. The van der Waals surface area contributed by atoms with Crippen molar-refractivity contribution >= 4 is 11.9 Å². The van der Waals surface area contributed by atoms with Crippen molar-refractivity contribution in [3.63, 3.8) is 0 Å².